The molecule has 0 atom stereocenters. The number of piperazine rings is 1. The van der Waals surface area contributed by atoms with Crippen LogP contribution in [0.4, 0.5) is 10.5 Å². The smallest absolute Gasteiger partial charge is 0.317 e. The molecular weight excluding hydrogens is 290 g/mol. The van der Waals surface area contributed by atoms with Crippen LogP contribution in [0.1, 0.15) is 34.6 Å². The number of benzene rings is 1. The van der Waals surface area contributed by atoms with Crippen molar-refractivity contribution in [2.75, 3.05) is 31.1 Å². The standard InChI is InChI=1S/C18H29N3O2/c1-14(2)23-16-9-7-6-8-15(16)20-10-12-21(13-11-20)17(22)19-18(3,4)5/h6-9,14H,10-13H2,1-5H3,(H,19,22). The molecule has 0 aliphatic carbocycles. The second-order valence-electron chi connectivity index (χ2n) is 7.29. The number of hydrogen-bond acceptors (Lipinski definition) is 3. The van der Waals surface area contributed by atoms with Gasteiger partial charge in [-0.2, -0.15) is 0 Å². The Labute approximate surface area is 139 Å². The van der Waals surface area contributed by atoms with Crippen molar-refractivity contribution in [1.29, 1.82) is 0 Å². The second kappa shape index (κ2) is 7.11. The summed E-state index contributed by atoms with van der Waals surface area (Å²) in [4.78, 5) is 16.4. The Morgan fingerprint density at radius 1 is 1.13 bits per heavy atom. The maximum absolute atomic E-state index is 12.2. The fourth-order valence-corrected chi connectivity index (χ4v) is 2.62. The Morgan fingerprint density at radius 2 is 1.74 bits per heavy atom. The van der Waals surface area contributed by atoms with Gasteiger partial charge in [-0.05, 0) is 46.8 Å². The van der Waals surface area contributed by atoms with Crippen LogP contribution in [0.5, 0.6) is 5.75 Å². The van der Waals surface area contributed by atoms with Crippen LogP contribution in [0.3, 0.4) is 0 Å². The summed E-state index contributed by atoms with van der Waals surface area (Å²) in [6.45, 7) is 13.1. The maximum atomic E-state index is 12.2. The van der Waals surface area contributed by atoms with E-state index in [1.54, 1.807) is 0 Å². The van der Waals surface area contributed by atoms with Crippen LogP contribution in [0.25, 0.3) is 0 Å². The van der Waals surface area contributed by atoms with Crippen molar-refractivity contribution >= 4 is 11.7 Å². The first-order valence-electron chi connectivity index (χ1n) is 8.34. The molecule has 5 heteroatoms. The molecular formula is C18H29N3O2. The van der Waals surface area contributed by atoms with Gasteiger partial charge in [-0.3, -0.25) is 0 Å². The van der Waals surface area contributed by atoms with E-state index in [4.69, 9.17) is 4.74 Å². The molecule has 1 fully saturated rings. The van der Waals surface area contributed by atoms with Gasteiger partial charge in [0.15, 0.2) is 0 Å². The Balaban J connectivity index is 1.98. The van der Waals surface area contributed by atoms with E-state index in [-0.39, 0.29) is 17.7 Å². The number of hydrogen-bond donors (Lipinski definition) is 1. The van der Waals surface area contributed by atoms with Gasteiger partial charge in [-0.1, -0.05) is 12.1 Å². The van der Waals surface area contributed by atoms with Crippen molar-refractivity contribution in [3.63, 3.8) is 0 Å². The summed E-state index contributed by atoms with van der Waals surface area (Å²) in [7, 11) is 0. The molecule has 5 nitrogen and oxygen atoms in total. The lowest BCUT2D eigenvalue weighted by Crippen LogP contribution is -2.55. The van der Waals surface area contributed by atoms with Crippen molar-refractivity contribution in [2.45, 2.75) is 46.3 Å². The quantitative estimate of drug-likeness (QED) is 0.931. The largest absolute Gasteiger partial charge is 0.489 e. The molecule has 0 spiro atoms. The number of nitrogens with one attached hydrogen (secondary N) is 1. The zero-order chi connectivity index (χ0) is 17.0. The van der Waals surface area contributed by atoms with Crippen molar-refractivity contribution in [2.24, 2.45) is 0 Å². The molecule has 0 unspecified atom stereocenters. The Kier molecular flexibility index (Phi) is 5.39. The highest BCUT2D eigenvalue weighted by molar-refractivity contribution is 5.75. The molecule has 1 N–H and O–H groups in total. The number of nitrogens with zero attached hydrogens (tertiary/aromatic N) is 2. The summed E-state index contributed by atoms with van der Waals surface area (Å²) in [5.41, 5.74) is 0.906. The minimum Gasteiger partial charge on any atom is -0.489 e. The van der Waals surface area contributed by atoms with E-state index in [0.717, 1.165) is 37.6 Å². The van der Waals surface area contributed by atoms with Crippen LogP contribution in [-0.4, -0.2) is 48.8 Å². The van der Waals surface area contributed by atoms with E-state index in [1.807, 2.05) is 57.7 Å². The fourth-order valence-electron chi connectivity index (χ4n) is 2.62. The molecule has 2 amide bonds. The van der Waals surface area contributed by atoms with Crippen LogP contribution >= 0.6 is 0 Å². The van der Waals surface area contributed by atoms with Crippen molar-refractivity contribution in [3.05, 3.63) is 24.3 Å². The highest BCUT2D eigenvalue weighted by Gasteiger charge is 2.25. The third kappa shape index (κ3) is 5.05. The first-order valence-corrected chi connectivity index (χ1v) is 8.34. The summed E-state index contributed by atoms with van der Waals surface area (Å²) in [6.07, 6.45) is 0.148. The summed E-state index contributed by atoms with van der Waals surface area (Å²) >= 11 is 0. The van der Waals surface area contributed by atoms with Gasteiger partial charge in [0.1, 0.15) is 5.75 Å². The molecule has 0 bridgehead atoms. The molecule has 1 saturated heterocycles. The predicted molar refractivity (Wildman–Crippen MR) is 94.3 cm³/mol. The molecule has 23 heavy (non-hydrogen) atoms. The first kappa shape index (κ1) is 17.4. The Hall–Kier alpha value is -1.91. The third-order valence-electron chi connectivity index (χ3n) is 3.62. The highest BCUT2D eigenvalue weighted by atomic mass is 16.5. The molecule has 1 aromatic rings. The van der Waals surface area contributed by atoms with Crippen LogP contribution in [-0.2, 0) is 0 Å². The maximum Gasteiger partial charge on any atom is 0.317 e. The van der Waals surface area contributed by atoms with Gasteiger partial charge in [0.05, 0.1) is 11.8 Å². The lowest BCUT2D eigenvalue weighted by Gasteiger charge is -2.38. The van der Waals surface area contributed by atoms with Gasteiger partial charge < -0.3 is 19.9 Å². The molecule has 1 aromatic carbocycles. The number of ether oxygens (including phenoxy) is 1. The van der Waals surface area contributed by atoms with Gasteiger partial charge in [0, 0.05) is 31.7 Å². The lowest BCUT2D eigenvalue weighted by atomic mass is 10.1. The zero-order valence-electron chi connectivity index (χ0n) is 14.9. The lowest BCUT2D eigenvalue weighted by molar-refractivity contribution is 0.185. The first-order chi connectivity index (χ1) is 10.8. The van der Waals surface area contributed by atoms with E-state index < -0.39 is 0 Å². The highest BCUT2D eigenvalue weighted by Crippen LogP contribution is 2.29. The van der Waals surface area contributed by atoms with Crippen LogP contribution in [0.2, 0.25) is 0 Å². The summed E-state index contributed by atoms with van der Waals surface area (Å²) < 4.78 is 5.90. The molecule has 1 aliphatic rings. The third-order valence-corrected chi connectivity index (χ3v) is 3.62. The minimum absolute atomic E-state index is 0.0175. The summed E-state index contributed by atoms with van der Waals surface area (Å²) in [6, 6.07) is 8.13. The molecule has 2 rings (SSSR count). The second-order valence-corrected chi connectivity index (χ2v) is 7.29. The fraction of sp³-hybridized carbons (Fsp3) is 0.611. The molecule has 0 radical (unpaired) electrons. The van der Waals surface area contributed by atoms with Gasteiger partial charge >= 0.3 is 6.03 Å². The SMILES string of the molecule is CC(C)Oc1ccccc1N1CCN(C(=O)NC(C)(C)C)CC1. The molecule has 1 heterocycles. The number of rotatable bonds is 3. The van der Waals surface area contributed by atoms with Gasteiger partial charge in [0.25, 0.3) is 0 Å². The van der Waals surface area contributed by atoms with E-state index in [1.165, 1.54) is 0 Å². The van der Waals surface area contributed by atoms with E-state index >= 15 is 0 Å². The molecule has 128 valence electrons. The molecule has 0 aromatic heterocycles. The van der Waals surface area contributed by atoms with Crippen LogP contribution in [0, 0.1) is 0 Å². The van der Waals surface area contributed by atoms with Gasteiger partial charge in [-0.15, -0.1) is 0 Å². The number of anilines is 1. The molecule has 1 aliphatic heterocycles. The van der Waals surface area contributed by atoms with E-state index in [0.29, 0.717) is 0 Å². The monoisotopic (exact) mass is 319 g/mol. The average Bonchev–Trinajstić information content (AvgIpc) is 2.45. The zero-order valence-corrected chi connectivity index (χ0v) is 14.9. The molecule has 0 saturated carbocycles. The van der Waals surface area contributed by atoms with Gasteiger partial charge in [-0.25, -0.2) is 4.79 Å². The number of carbonyl (C=O) groups excluding carboxylic acids is 1. The van der Waals surface area contributed by atoms with Crippen LogP contribution in [0.15, 0.2) is 24.3 Å². The van der Waals surface area contributed by atoms with Crippen molar-refractivity contribution < 1.29 is 9.53 Å². The van der Waals surface area contributed by atoms with Gasteiger partial charge in [0.2, 0.25) is 0 Å². The van der Waals surface area contributed by atoms with E-state index in [2.05, 4.69) is 16.3 Å². The Bertz CT molecular complexity index is 529. The number of amides is 2. The average molecular weight is 319 g/mol. The van der Waals surface area contributed by atoms with Crippen LogP contribution < -0.4 is 15.0 Å². The summed E-state index contributed by atoms with van der Waals surface area (Å²) in [5.74, 6) is 0.912. The summed E-state index contributed by atoms with van der Waals surface area (Å²) in [5, 5.41) is 3.02. The number of carbonyl (C=O) groups is 1. The van der Waals surface area contributed by atoms with E-state index in [9.17, 15) is 4.79 Å². The minimum atomic E-state index is -0.202. The predicted octanol–water partition coefficient (Wildman–Crippen LogP) is 3.10. The van der Waals surface area contributed by atoms with Crippen molar-refractivity contribution in [3.8, 4) is 5.75 Å². The topological polar surface area (TPSA) is 44.8 Å². The van der Waals surface area contributed by atoms with Crippen molar-refractivity contribution in [1.82, 2.24) is 10.2 Å². The normalized spacial score (nSPS) is 15.7. The number of urea groups is 1. The Morgan fingerprint density at radius 3 is 2.30 bits per heavy atom. The number of para-hydroxylation sites is 2.